The number of nitro groups is 1. The first-order valence-electron chi connectivity index (χ1n) is 9.08. The highest BCUT2D eigenvalue weighted by molar-refractivity contribution is 7.80. The number of ether oxygens (including phenoxy) is 2. The number of methoxy groups -OCH3 is 1. The van der Waals surface area contributed by atoms with Gasteiger partial charge in [0, 0.05) is 18.2 Å². The Labute approximate surface area is 180 Å². The van der Waals surface area contributed by atoms with Crippen LogP contribution in [0.2, 0.25) is 0 Å². The van der Waals surface area contributed by atoms with Crippen molar-refractivity contribution in [3.05, 3.63) is 75.4 Å². The van der Waals surface area contributed by atoms with Crippen LogP contribution in [0.4, 0.5) is 5.69 Å². The second kappa shape index (κ2) is 10.9. The third kappa shape index (κ3) is 6.28. The first kappa shape index (κ1) is 22.8. The molecular formula is C21H24N4O4S. The molecule has 0 aromatic heterocycles. The number of thiocarbonyl (C=S) groups is 1. The predicted molar refractivity (Wildman–Crippen MR) is 121 cm³/mol. The SMILES string of the molecule is C=CCNC(=S)N/N=C/c1cc(OC)c(OCc2cc(C)ccc2C)c([N+](=O)[O-])c1. The van der Waals surface area contributed by atoms with E-state index in [0.717, 1.165) is 16.7 Å². The van der Waals surface area contributed by atoms with Gasteiger partial charge in [-0.2, -0.15) is 5.10 Å². The van der Waals surface area contributed by atoms with Crippen LogP contribution >= 0.6 is 12.2 Å². The van der Waals surface area contributed by atoms with E-state index in [9.17, 15) is 10.1 Å². The normalized spacial score (nSPS) is 10.5. The molecule has 158 valence electrons. The van der Waals surface area contributed by atoms with Gasteiger partial charge in [-0.3, -0.25) is 15.5 Å². The van der Waals surface area contributed by atoms with Gasteiger partial charge >= 0.3 is 5.69 Å². The number of hydrogen-bond acceptors (Lipinski definition) is 6. The van der Waals surface area contributed by atoms with Gasteiger partial charge < -0.3 is 14.8 Å². The van der Waals surface area contributed by atoms with Crippen molar-refractivity contribution in [2.75, 3.05) is 13.7 Å². The van der Waals surface area contributed by atoms with Crippen LogP contribution in [0.3, 0.4) is 0 Å². The minimum atomic E-state index is -0.512. The van der Waals surface area contributed by atoms with E-state index in [0.29, 0.717) is 17.2 Å². The highest BCUT2D eigenvalue weighted by atomic mass is 32.1. The molecule has 0 aliphatic heterocycles. The average molecular weight is 429 g/mol. The molecule has 2 aromatic rings. The van der Waals surface area contributed by atoms with Crippen LogP contribution in [-0.2, 0) is 6.61 Å². The molecule has 30 heavy (non-hydrogen) atoms. The Hall–Kier alpha value is -3.46. The molecule has 0 amide bonds. The van der Waals surface area contributed by atoms with Gasteiger partial charge in [-0.15, -0.1) is 6.58 Å². The van der Waals surface area contributed by atoms with E-state index in [1.54, 1.807) is 12.1 Å². The van der Waals surface area contributed by atoms with Crippen molar-refractivity contribution in [1.29, 1.82) is 0 Å². The lowest BCUT2D eigenvalue weighted by molar-refractivity contribution is -0.386. The van der Waals surface area contributed by atoms with E-state index < -0.39 is 4.92 Å². The van der Waals surface area contributed by atoms with Crippen LogP contribution in [0.25, 0.3) is 0 Å². The topological polar surface area (TPSA) is 98.0 Å². The van der Waals surface area contributed by atoms with Crippen LogP contribution < -0.4 is 20.2 Å². The number of nitrogens with zero attached hydrogens (tertiary/aromatic N) is 2. The molecule has 0 fully saturated rings. The van der Waals surface area contributed by atoms with Crippen LogP contribution in [-0.4, -0.2) is 29.9 Å². The smallest absolute Gasteiger partial charge is 0.315 e. The molecule has 0 spiro atoms. The fourth-order valence-corrected chi connectivity index (χ4v) is 2.73. The van der Waals surface area contributed by atoms with E-state index in [1.807, 2.05) is 32.0 Å². The van der Waals surface area contributed by atoms with Crippen molar-refractivity contribution in [2.24, 2.45) is 5.10 Å². The molecule has 0 unspecified atom stereocenters. The molecule has 2 aromatic carbocycles. The summed E-state index contributed by atoms with van der Waals surface area (Å²) in [5.41, 5.74) is 5.94. The first-order chi connectivity index (χ1) is 14.3. The largest absolute Gasteiger partial charge is 0.493 e. The van der Waals surface area contributed by atoms with E-state index in [2.05, 4.69) is 22.4 Å². The third-order valence-corrected chi connectivity index (χ3v) is 4.37. The molecule has 0 aliphatic carbocycles. The van der Waals surface area contributed by atoms with E-state index >= 15 is 0 Å². The second-order valence-corrected chi connectivity index (χ2v) is 6.82. The zero-order chi connectivity index (χ0) is 22.1. The molecule has 2 N–H and O–H groups in total. The molecule has 0 atom stereocenters. The Morgan fingerprint density at radius 2 is 2.10 bits per heavy atom. The Morgan fingerprint density at radius 3 is 2.77 bits per heavy atom. The summed E-state index contributed by atoms with van der Waals surface area (Å²) >= 11 is 5.04. The van der Waals surface area contributed by atoms with E-state index in [1.165, 1.54) is 19.4 Å². The van der Waals surface area contributed by atoms with Gasteiger partial charge in [-0.05, 0) is 43.3 Å². The zero-order valence-corrected chi connectivity index (χ0v) is 17.9. The summed E-state index contributed by atoms with van der Waals surface area (Å²) in [7, 11) is 1.43. The molecule has 8 nitrogen and oxygen atoms in total. The lowest BCUT2D eigenvalue weighted by atomic mass is 10.1. The third-order valence-electron chi connectivity index (χ3n) is 4.14. The number of nitrogens with one attached hydrogen (secondary N) is 2. The van der Waals surface area contributed by atoms with Gasteiger partial charge in [0.2, 0.25) is 5.75 Å². The fraction of sp³-hybridized carbons (Fsp3) is 0.238. The quantitative estimate of drug-likeness (QED) is 0.206. The molecule has 0 saturated heterocycles. The van der Waals surface area contributed by atoms with Crippen molar-refractivity contribution >= 4 is 29.2 Å². The van der Waals surface area contributed by atoms with Crippen LogP contribution in [0, 0.1) is 24.0 Å². The molecule has 2 rings (SSSR count). The highest BCUT2D eigenvalue weighted by Gasteiger charge is 2.22. The summed E-state index contributed by atoms with van der Waals surface area (Å²) in [6.07, 6.45) is 3.06. The fourth-order valence-electron chi connectivity index (χ4n) is 2.59. The molecule has 0 saturated carbocycles. The molecule has 0 bridgehead atoms. The van der Waals surface area contributed by atoms with Gasteiger partial charge in [0.05, 0.1) is 18.2 Å². The summed E-state index contributed by atoms with van der Waals surface area (Å²) in [6, 6.07) is 8.95. The molecular weight excluding hydrogens is 404 g/mol. The second-order valence-electron chi connectivity index (χ2n) is 6.42. The lowest BCUT2D eigenvalue weighted by Crippen LogP contribution is -2.31. The number of hydrogen-bond donors (Lipinski definition) is 2. The Kier molecular flexibility index (Phi) is 8.30. The minimum absolute atomic E-state index is 0.0664. The van der Waals surface area contributed by atoms with E-state index in [4.69, 9.17) is 21.7 Å². The predicted octanol–water partition coefficient (Wildman–Crippen LogP) is 3.78. The van der Waals surface area contributed by atoms with Crippen molar-refractivity contribution < 1.29 is 14.4 Å². The lowest BCUT2D eigenvalue weighted by Gasteiger charge is -2.13. The Bertz CT molecular complexity index is 976. The standard InChI is InChI=1S/C21H24N4O4S/c1-5-8-22-21(30)24-23-12-16-10-18(25(26)27)20(19(11-16)28-4)29-13-17-9-14(2)6-7-15(17)3/h5-7,9-12H,1,8,13H2,2-4H3,(H2,22,24,30)/b23-12+. The highest BCUT2D eigenvalue weighted by Crippen LogP contribution is 2.38. The van der Waals surface area contributed by atoms with Crippen molar-refractivity contribution in [3.63, 3.8) is 0 Å². The Balaban J connectivity index is 2.26. The van der Waals surface area contributed by atoms with Crippen LogP contribution in [0.1, 0.15) is 22.3 Å². The molecule has 9 heteroatoms. The summed E-state index contributed by atoms with van der Waals surface area (Å²) in [5, 5.41) is 18.8. The minimum Gasteiger partial charge on any atom is -0.493 e. The van der Waals surface area contributed by atoms with Gasteiger partial charge in [0.25, 0.3) is 0 Å². The van der Waals surface area contributed by atoms with Gasteiger partial charge in [0.1, 0.15) is 6.61 Å². The maximum Gasteiger partial charge on any atom is 0.315 e. The van der Waals surface area contributed by atoms with Crippen LogP contribution in [0.5, 0.6) is 11.5 Å². The number of rotatable bonds is 9. The first-order valence-corrected chi connectivity index (χ1v) is 9.49. The summed E-state index contributed by atoms with van der Waals surface area (Å²) in [6.45, 7) is 8.20. The van der Waals surface area contributed by atoms with Gasteiger partial charge in [-0.25, -0.2) is 0 Å². The Morgan fingerprint density at radius 1 is 1.33 bits per heavy atom. The van der Waals surface area contributed by atoms with Crippen molar-refractivity contribution in [2.45, 2.75) is 20.5 Å². The number of aryl methyl sites for hydroxylation is 2. The summed E-state index contributed by atoms with van der Waals surface area (Å²) in [4.78, 5) is 11.1. The number of benzene rings is 2. The van der Waals surface area contributed by atoms with E-state index in [-0.39, 0.29) is 23.8 Å². The molecule has 0 aliphatic rings. The maximum absolute atomic E-state index is 11.6. The molecule has 0 radical (unpaired) electrons. The molecule has 0 heterocycles. The number of hydrazone groups is 1. The van der Waals surface area contributed by atoms with Gasteiger partial charge in [0.15, 0.2) is 10.9 Å². The monoisotopic (exact) mass is 428 g/mol. The number of nitro benzene ring substituents is 1. The van der Waals surface area contributed by atoms with Crippen molar-refractivity contribution in [3.8, 4) is 11.5 Å². The van der Waals surface area contributed by atoms with Crippen molar-refractivity contribution in [1.82, 2.24) is 10.7 Å². The average Bonchev–Trinajstić information content (AvgIpc) is 2.72. The zero-order valence-electron chi connectivity index (χ0n) is 17.1. The summed E-state index contributed by atoms with van der Waals surface area (Å²) in [5.74, 6) is 0.306. The van der Waals surface area contributed by atoms with Crippen LogP contribution in [0.15, 0.2) is 48.1 Å². The van der Waals surface area contributed by atoms with Gasteiger partial charge in [-0.1, -0.05) is 29.8 Å². The maximum atomic E-state index is 11.6. The summed E-state index contributed by atoms with van der Waals surface area (Å²) < 4.78 is 11.2.